The summed E-state index contributed by atoms with van der Waals surface area (Å²) in [5.41, 5.74) is 0.876. The van der Waals surface area contributed by atoms with Crippen molar-refractivity contribution < 1.29 is 24.0 Å². The molecule has 4 atom stereocenters. The van der Waals surface area contributed by atoms with Gasteiger partial charge >= 0.3 is 5.69 Å². The highest BCUT2D eigenvalue weighted by Crippen LogP contribution is 2.52. The number of carbonyl (C=O) groups is 2. The summed E-state index contributed by atoms with van der Waals surface area (Å²) in [6.45, 7) is 1.86. The van der Waals surface area contributed by atoms with E-state index < -0.39 is 4.92 Å². The third kappa shape index (κ3) is 3.88. The summed E-state index contributed by atoms with van der Waals surface area (Å²) < 4.78 is 11.4. The van der Waals surface area contributed by atoms with Gasteiger partial charge < -0.3 is 9.47 Å². The lowest BCUT2D eigenvalue weighted by atomic mass is 9.85. The monoisotopic (exact) mass is 486 g/mol. The van der Waals surface area contributed by atoms with Crippen LogP contribution in [0, 0.1) is 45.1 Å². The van der Waals surface area contributed by atoms with E-state index in [0.29, 0.717) is 11.1 Å². The highest BCUT2D eigenvalue weighted by Gasteiger charge is 2.59. The minimum absolute atomic E-state index is 0.0601. The van der Waals surface area contributed by atoms with Gasteiger partial charge in [-0.3, -0.25) is 19.7 Å². The first-order chi connectivity index (χ1) is 17.4. The van der Waals surface area contributed by atoms with E-state index in [2.05, 4.69) is 11.2 Å². The number of benzene rings is 2. The van der Waals surface area contributed by atoms with Crippen LogP contribution in [0.5, 0.6) is 11.5 Å². The van der Waals surface area contributed by atoms with Crippen molar-refractivity contribution >= 4 is 23.7 Å². The SMILES string of the molecule is CCOc1cc(C=NN2C(=O)C3C4C=CC(C4)C3C2=O)cc([N+](=O)[O-])c1OCc1ccccc1C#N. The Morgan fingerprint density at radius 2 is 1.86 bits per heavy atom. The number of allylic oxidation sites excluding steroid dienone is 2. The number of nitriles is 1. The average molecular weight is 486 g/mol. The van der Waals surface area contributed by atoms with E-state index in [-0.39, 0.29) is 71.4 Å². The van der Waals surface area contributed by atoms with Gasteiger partial charge in [-0.2, -0.15) is 15.4 Å². The quantitative estimate of drug-likeness (QED) is 0.183. The molecule has 1 aliphatic heterocycles. The van der Waals surface area contributed by atoms with Crippen LogP contribution in [0.25, 0.3) is 0 Å². The predicted octanol–water partition coefficient (Wildman–Crippen LogP) is 3.59. The van der Waals surface area contributed by atoms with Crippen LogP contribution in [-0.4, -0.2) is 34.6 Å². The van der Waals surface area contributed by atoms with E-state index in [9.17, 15) is 25.0 Å². The molecule has 0 spiro atoms. The first kappa shape index (κ1) is 23.2. The molecular weight excluding hydrogens is 464 g/mol. The third-order valence-electron chi connectivity index (χ3n) is 6.83. The van der Waals surface area contributed by atoms with Crippen molar-refractivity contribution in [2.24, 2.45) is 28.8 Å². The van der Waals surface area contributed by atoms with E-state index in [0.717, 1.165) is 11.4 Å². The zero-order valence-corrected chi connectivity index (χ0v) is 19.4. The van der Waals surface area contributed by atoms with Crippen LogP contribution in [0.15, 0.2) is 53.7 Å². The smallest absolute Gasteiger partial charge is 0.315 e. The fourth-order valence-corrected chi connectivity index (χ4v) is 5.26. The number of hydrazone groups is 1. The van der Waals surface area contributed by atoms with Gasteiger partial charge in [0.2, 0.25) is 5.75 Å². The summed E-state index contributed by atoms with van der Waals surface area (Å²) in [6, 6.07) is 11.6. The fourth-order valence-electron chi connectivity index (χ4n) is 5.26. The molecule has 3 aliphatic rings. The van der Waals surface area contributed by atoms with Crippen molar-refractivity contribution in [1.82, 2.24) is 5.01 Å². The first-order valence-corrected chi connectivity index (χ1v) is 11.6. The van der Waals surface area contributed by atoms with Gasteiger partial charge in [0.05, 0.1) is 41.2 Å². The largest absolute Gasteiger partial charge is 0.490 e. The molecule has 2 aromatic rings. The van der Waals surface area contributed by atoms with Gasteiger partial charge in [-0.15, -0.1) is 0 Å². The summed E-state index contributed by atoms with van der Waals surface area (Å²) >= 11 is 0. The molecule has 0 N–H and O–H groups in total. The number of hydrogen-bond acceptors (Lipinski definition) is 8. The molecule has 2 aliphatic carbocycles. The lowest BCUT2D eigenvalue weighted by Crippen LogP contribution is -2.28. The maximum Gasteiger partial charge on any atom is 0.315 e. The number of nitro groups is 1. The van der Waals surface area contributed by atoms with Gasteiger partial charge in [-0.1, -0.05) is 30.4 Å². The van der Waals surface area contributed by atoms with Crippen molar-refractivity contribution in [3.63, 3.8) is 0 Å². The molecule has 36 heavy (non-hydrogen) atoms. The number of imide groups is 1. The minimum atomic E-state index is -0.606. The molecule has 1 heterocycles. The molecular formula is C26H22N4O6. The molecule has 2 bridgehead atoms. The molecule has 4 unspecified atom stereocenters. The van der Waals surface area contributed by atoms with Crippen LogP contribution in [-0.2, 0) is 16.2 Å². The summed E-state index contributed by atoms with van der Waals surface area (Å²) in [7, 11) is 0. The van der Waals surface area contributed by atoms with Crippen LogP contribution < -0.4 is 9.47 Å². The fraction of sp³-hybridized carbons (Fsp3) is 0.308. The molecule has 1 saturated carbocycles. The van der Waals surface area contributed by atoms with Gasteiger partial charge in [0.25, 0.3) is 11.8 Å². The van der Waals surface area contributed by atoms with Crippen LogP contribution in [0.4, 0.5) is 5.69 Å². The van der Waals surface area contributed by atoms with E-state index in [1.165, 1.54) is 18.3 Å². The topological polar surface area (TPSA) is 135 Å². The van der Waals surface area contributed by atoms with E-state index in [1.54, 1.807) is 31.2 Å². The number of rotatable bonds is 8. The standard InChI is InChI=1S/C26H22N4O6/c1-2-35-21-10-15(13-28-29-25(31)22-16-7-8-17(11-16)23(22)26(29)32)9-20(30(33)34)24(21)36-14-19-6-4-3-5-18(19)12-27/h3-10,13,16-17,22-23H,2,11,14H2,1H3. The van der Waals surface area contributed by atoms with Crippen molar-refractivity contribution in [3.05, 3.63) is 75.4 Å². The van der Waals surface area contributed by atoms with Gasteiger partial charge in [-0.25, -0.2) is 0 Å². The lowest BCUT2D eigenvalue weighted by Gasteiger charge is -2.14. The van der Waals surface area contributed by atoms with Crippen LogP contribution >= 0.6 is 0 Å². The summed E-state index contributed by atoms with van der Waals surface area (Å²) in [5, 5.41) is 26.2. The highest BCUT2D eigenvalue weighted by molar-refractivity contribution is 6.06. The Hall–Kier alpha value is -4.52. The Balaban J connectivity index is 1.43. The van der Waals surface area contributed by atoms with Crippen molar-refractivity contribution in [1.29, 1.82) is 5.26 Å². The Morgan fingerprint density at radius 1 is 1.17 bits per heavy atom. The number of carbonyl (C=O) groups excluding carboxylic acids is 2. The third-order valence-corrected chi connectivity index (χ3v) is 6.83. The molecule has 1 saturated heterocycles. The highest BCUT2D eigenvalue weighted by atomic mass is 16.6. The average Bonchev–Trinajstić information content (AvgIpc) is 3.56. The molecule has 2 aromatic carbocycles. The number of fused-ring (bicyclic) bond motifs is 5. The van der Waals surface area contributed by atoms with Crippen LogP contribution in [0.3, 0.4) is 0 Å². The predicted molar refractivity (Wildman–Crippen MR) is 127 cm³/mol. The number of nitro benzene ring substituents is 1. The first-order valence-electron chi connectivity index (χ1n) is 11.6. The maximum absolute atomic E-state index is 12.9. The van der Waals surface area contributed by atoms with E-state index in [4.69, 9.17) is 9.47 Å². The van der Waals surface area contributed by atoms with Crippen molar-refractivity contribution in [3.8, 4) is 17.6 Å². The number of amides is 2. The van der Waals surface area contributed by atoms with Gasteiger partial charge in [-0.05, 0) is 37.3 Å². The molecule has 10 nitrogen and oxygen atoms in total. The molecule has 2 fully saturated rings. The molecule has 2 amide bonds. The normalized spacial score (nSPS) is 23.8. The van der Waals surface area contributed by atoms with E-state index >= 15 is 0 Å². The number of nitrogens with zero attached hydrogens (tertiary/aromatic N) is 4. The van der Waals surface area contributed by atoms with Crippen LogP contribution in [0.2, 0.25) is 0 Å². The molecule has 0 aromatic heterocycles. The second-order valence-corrected chi connectivity index (χ2v) is 8.85. The number of ether oxygens (including phenoxy) is 2. The summed E-state index contributed by atoms with van der Waals surface area (Å²) in [6.07, 6.45) is 6.05. The Bertz CT molecular complexity index is 1330. The Labute approximate surface area is 206 Å². The van der Waals surface area contributed by atoms with Crippen LogP contribution in [0.1, 0.15) is 30.0 Å². The van der Waals surface area contributed by atoms with Gasteiger partial charge in [0.1, 0.15) is 6.61 Å². The maximum atomic E-state index is 12.9. The minimum Gasteiger partial charge on any atom is -0.490 e. The molecule has 10 heteroatoms. The zero-order chi connectivity index (χ0) is 25.4. The van der Waals surface area contributed by atoms with Crippen molar-refractivity contribution in [2.75, 3.05) is 6.61 Å². The second-order valence-electron chi connectivity index (χ2n) is 8.85. The number of hydrogen-bond donors (Lipinski definition) is 0. The molecule has 5 rings (SSSR count). The Kier molecular flexibility index (Phi) is 5.98. The Morgan fingerprint density at radius 3 is 2.50 bits per heavy atom. The second kappa shape index (κ2) is 9.26. The summed E-state index contributed by atoms with van der Waals surface area (Å²) in [4.78, 5) is 37.0. The van der Waals surface area contributed by atoms with Crippen molar-refractivity contribution in [2.45, 2.75) is 20.0 Å². The lowest BCUT2D eigenvalue weighted by molar-refractivity contribution is -0.386. The molecule has 0 radical (unpaired) electrons. The van der Waals surface area contributed by atoms with Gasteiger partial charge in [0.15, 0.2) is 5.75 Å². The summed E-state index contributed by atoms with van der Waals surface area (Å²) in [5.74, 6) is -1.30. The van der Waals surface area contributed by atoms with Gasteiger partial charge in [0, 0.05) is 17.2 Å². The zero-order valence-electron chi connectivity index (χ0n) is 19.4. The molecule has 182 valence electrons. The van der Waals surface area contributed by atoms with E-state index in [1.807, 2.05) is 12.2 Å².